The molecule has 0 fully saturated rings. The van der Waals surface area contributed by atoms with Crippen molar-refractivity contribution >= 4 is 11.5 Å². The van der Waals surface area contributed by atoms with Gasteiger partial charge in [0, 0.05) is 28.1 Å². The summed E-state index contributed by atoms with van der Waals surface area (Å²) in [6.45, 7) is 0. The second kappa shape index (κ2) is 26.9. The van der Waals surface area contributed by atoms with Gasteiger partial charge in [-0.3, -0.25) is 0 Å². The van der Waals surface area contributed by atoms with Gasteiger partial charge in [-0.15, -0.1) is 0 Å². The Kier molecular flexibility index (Phi) is 92.5. The second-order valence-electron chi connectivity index (χ2n) is 0.282. The van der Waals surface area contributed by atoms with Gasteiger partial charge in [0.25, 0.3) is 0 Å². The smallest absolute Gasteiger partial charge is 0.447 e. The molecule has 0 bridgehead atoms. The number of hydrogen-bond acceptors (Lipinski definition) is 3. The van der Waals surface area contributed by atoms with Crippen molar-refractivity contribution in [3.63, 3.8) is 0 Å². The van der Waals surface area contributed by atoms with Gasteiger partial charge in [0.1, 0.15) is 0 Å². The average molecular weight is 328 g/mol. The molecule has 0 saturated heterocycles. The zero-order valence-electron chi connectivity index (χ0n) is 4.16. The first-order valence-electron chi connectivity index (χ1n) is 0.830. The minimum absolute atomic E-state index is 0. The molecule has 0 amide bonds. The summed E-state index contributed by atoms with van der Waals surface area (Å²) in [7, 11) is 1.48. The number of thiol groups is 1. The van der Waals surface area contributed by atoms with Crippen LogP contribution in [-0.2, 0) is 55.3 Å². The Bertz CT molecular complexity index is 55.7. The standard InChI is InChI=1S/CH4NOS.CH3.V.W/c1-2-4-3;;;/h4H,1H3;1H3;;/q2*-1;+2;. The molecular weight excluding hydrogens is 321 g/mol. The van der Waals surface area contributed by atoms with Crippen LogP contribution in [0.15, 0.2) is 4.36 Å². The maximum absolute atomic E-state index is 9.10. The van der Waals surface area contributed by atoms with Crippen LogP contribution in [0.5, 0.6) is 0 Å². The van der Waals surface area contributed by atoms with Crippen molar-refractivity contribution in [3.8, 4) is 0 Å². The summed E-state index contributed by atoms with van der Waals surface area (Å²) in [6, 6.07) is 0. The van der Waals surface area contributed by atoms with Crippen LogP contribution in [0.1, 0.15) is 0 Å². The van der Waals surface area contributed by atoms with Gasteiger partial charge in [0.2, 0.25) is 0 Å². The predicted octanol–water partition coefficient (Wildman–Crippen LogP) is 0.405. The van der Waals surface area contributed by atoms with Crippen LogP contribution >= 0.6 is 0 Å². The third-order valence-electron chi connectivity index (χ3n) is 0.0816. The fraction of sp³-hybridized carbons (Fsp3) is 0.500. The van der Waals surface area contributed by atoms with Gasteiger partial charge in [0.15, 0.2) is 0 Å². The summed E-state index contributed by atoms with van der Waals surface area (Å²) < 4.78 is 12.3. The average Bonchev–Trinajstić information content (AvgIpc) is 1.37. The van der Waals surface area contributed by atoms with Crippen LogP contribution in [0.25, 0.3) is 0 Å². The monoisotopic (exact) mass is 328 g/mol. The molecule has 0 aliphatic rings. The van der Waals surface area contributed by atoms with Gasteiger partial charge >= 0.3 is 18.6 Å². The molecule has 0 rings (SSSR count). The molecule has 43 valence electrons. The Hall–Kier alpha value is 1.22. The summed E-state index contributed by atoms with van der Waals surface area (Å²) in [4.78, 5) is 0. The van der Waals surface area contributed by atoms with Crippen molar-refractivity contribution in [2.24, 2.45) is 4.36 Å². The molecule has 0 spiro atoms. The fourth-order valence-corrected chi connectivity index (χ4v) is 0. The maximum Gasteiger partial charge on any atom is 2.00 e. The van der Waals surface area contributed by atoms with Gasteiger partial charge in [-0.2, -0.15) is 0 Å². The molecule has 0 aliphatic heterocycles. The summed E-state index contributed by atoms with van der Waals surface area (Å²) in [5.74, 6) is 0. The van der Waals surface area contributed by atoms with E-state index in [1.165, 1.54) is 7.05 Å². The Balaban J connectivity index is -0.0000000150. The van der Waals surface area contributed by atoms with Crippen LogP contribution in [0.3, 0.4) is 0 Å². The minimum atomic E-state index is -0.127. The van der Waals surface area contributed by atoms with Crippen molar-refractivity contribution in [2.75, 3.05) is 7.05 Å². The van der Waals surface area contributed by atoms with E-state index >= 15 is 0 Å². The van der Waals surface area contributed by atoms with E-state index in [-0.39, 0.29) is 58.5 Å². The first-order valence-corrected chi connectivity index (χ1v) is 1.59. The molecule has 7 heavy (non-hydrogen) atoms. The van der Waals surface area contributed by atoms with Gasteiger partial charge in [-0.25, -0.2) is 11.5 Å². The second-order valence-corrected chi connectivity index (χ2v) is 0.845. The van der Waals surface area contributed by atoms with Gasteiger partial charge in [0.05, 0.1) is 0 Å². The van der Waals surface area contributed by atoms with Gasteiger partial charge in [-0.05, 0) is 0 Å². The van der Waals surface area contributed by atoms with Crippen LogP contribution in [0.2, 0.25) is 0 Å². The number of hydrogen-bond donors (Lipinski definition) is 0. The first kappa shape index (κ1) is 24.1. The summed E-state index contributed by atoms with van der Waals surface area (Å²) >= 11 is -0.127. The Morgan fingerprint density at radius 2 is 1.71 bits per heavy atom. The van der Waals surface area contributed by atoms with Gasteiger partial charge < -0.3 is 16.0 Å². The summed E-state index contributed by atoms with van der Waals surface area (Å²) in [6.07, 6.45) is 0. The third kappa shape index (κ3) is 39.9. The molecule has 0 aromatic heterocycles. The number of rotatable bonds is 0. The molecule has 0 N–H and O–H groups in total. The first-order chi connectivity index (χ1) is 1.91. The van der Waals surface area contributed by atoms with Crippen molar-refractivity contribution in [2.45, 2.75) is 0 Å². The van der Waals surface area contributed by atoms with Crippen molar-refractivity contribution in [1.82, 2.24) is 0 Å². The molecule has 0 unspecified atom stereocenters. The molecule has 1 radical (unpaired) electrons. The van der Waals surface area contributed by atoms with Crippen LogP contribution in [0.4, 0.5) is 0 Å². The van der Waals surface area contributed by atoms with E-state index in [0.29, 0.717) is 0 Å². The van der Waals surface area contributed by atoms with Crippen molar-refractivity contribution in [1.29, 1.82) is 0 Å². The Labute approximate surface area is 73.8 Å². The van der Waals surface area contributed by atoms with E-state index in [1.54, 1.807) is 0 Å². The van der Waals surface area contributed by atoms with E-state index in [0.717, 1.165) is 0 Å². The predicted molar refractivity (Wildman–Crippen MR) is 24.2 cm³/mol. The normalized spacial score (nSPS) is 3.57. The molecule has 0 aliphatic carbocycles. The van der Waals surface area contributed by atoms with E-state index in [4.69, 9.17) is 4.21 Å². The molecule has 0 heterocycles. The summed E-state index contributed by atoms with van der Waals surface area (Å²) in [5.41, 5.74) is 0. The Morgan fingerprint density at radius 3 is 1.71 bits per heavy atom. The molecule has 0 aromatic carbocycles. The molecule has 2 nitrogen and oxygen atoms in total. The molecule has 0 atom stereocenters. The quantitative estimate of drug-likeness (QED) is 0.360. The van der Waals surface area contributed by atoms with E-state index in [1.807, 2.05) is 0 Å². The zero-order valence-corrected chi connectivity index (χ0v) is 9.38. The van der Waals surface area contributed by atoms with E-state index < -0.39 is 0 Å². The van der Waals surface area contributed by atoms with E-state index in [9.17, 15) is 0 Å². The minimum Gasteiger partial charge on any atom is -0.447 e. The number of nitrogens with zero attached hydrogens (tertiary/aromatic N) is 1. The van der Waals surface area contributed by atoms with Crippen LogP contribution < -0.4 is 0 Å². The Morgan fingerprint density at radius 1 is 1.57 bits per heavy atom. The largest absolute Gasteiger partial charge is 2.00 e. The topological polar surface area (TPSA) is 29.4 Å². The fourth-order valence-electron chi connectivity index (χ4n) is 0. The molecule has 0 aromatic rings. The van der Waals surface area contributed by atoms with Crippen molar-refractivity contribution in [3.05, 3.63) is 7.43 Å². The molecule has 5 heteroatoms. The van der Waals surface area contributed by atoms with Crippen LogP contribution in [-0.4, -0.2) is 7.05 Å². The maximum atomic E-state index is 9.10. The molecule has 0 saturated carbocycles. The van der Waals surface area contributed by atoms with Gasteiger partial charge in [-0.1, -0.05) is 0 Å². The van der Waals surface area contributed by atoms with Crippen molar-refractivity contribution < 1.29 is 43.8 Å². The zero-order chi connectivity index (χ0) is 3.41. The molecular formula is C2H7NOSVW. The SMILES string of the molecule is CN=[SH-]=O.[CH3-].[V+2].[W]. The summed E-state index contributed by atoms with van der Waals surface area (Å²) in [5, 5.41) is 0. The third-order valence-corrected chi connectivity index (χ3v) is 0.245. The van der Waals surface area contributed by atoms with E-state index in [2.05, 4.69) is 4.36 Å². The van der Waals surface area contributed by atoms with Crippen LogP contribution in [0, 0.1) is 7.43 Å².